The first-order chi connectivity index (χ1) is 6.70. The number of nitro groups is 1. The number of benzene rings is 1. The molecule has 5 nitrogen and oxygen atoms in total. The number of rotatable bonds is 2. The molecule has 0 fully saturated rings. The van der Waals surface area contributed by atoms with Gasteiger partial charge in [0.1, 0.15) is 5.82 Å². The van der Waals surface area contributed by atoms with E-state index >= 15 is 0 Å². The molecule has 15 heavy (non-hydrogen) atoms. The highest BCUT2D eigenvalue weighted by Gasteiger charge is 2.08. The molecule has 1 aromatic carbocycles. The molecule has 1 N–H and O–H groups in total. The third-order valence-corrected chi connectivity index (χ3v) is 2.11. The molecule has 2 rings (SSSR count). The summed E-state index contributed by atoms with van der Waals surface area (Å²) in [4.78, 5) is 17.0. The topological polar surface area (TPSA) is 71.8 Å². The number of nitrogens with zero attached hydrogens (tertiary/aromatic N) is 2. The fourth-order valence-electron chi connectivity index (χ4n) is 1.23. The van der Waals surface area contributed by atoms with Crippen LogP contribution < -0.4 is 0 Å². The Kier molecular flexibility index (Phi) is 3.49. The molecule has 0 aliphatic rings. The first-order valence-corrected chi connectivity index (χ1v) is 4.43. The normalized spacial score (nSPS) is 9.93. The molecule has 0 aliphatic carbocycles. The minimum atomic E-state index is -0.444. The summed E-state index contributed by atoms with van der Waals surface area (Å²) in [5.74, 6) is 0.879. The summed E-state index contributed by atoms with van der Waals surface area (Å²) in [5, 5.41) is 10.5. The van der Waals surface area contributed by atoms with Crippen LogP contribution in [0.15, 0.2) is 18.2 Å². The van der Waals surface area contributed by atoms with Crippen LogP contribution >= 0.6 is 24.0 Å². The van der Waals surface area contributed by atoms with Gasteiger partial charge in [0.05, 0.1) is 21.8 Å². The van der Waals surface area contributed by atoms with Gasteiger partial charge in [0.15, 0.2) is 0 Å². The number of imidazole rings is 1. The summed E-state index contributed by atoms with van der Waals surface area (Å²) >= 11 is 5.57. The summed E-state index contributed by atoms with van der Waals surface area (Å²) in [7, 11) is 0. The molecular weight excluding hydrogens is 241 g/mol. The maximum atomic E-state index is 10.5. The van der Waals surface area contributed by atoms with Crippen molar-refractivity contribution in [3.63, 3.8) is 0 Å². The maximum absolute atomic E-state index is 10.5. The average Bonchev–Trinajstić information content (AvgIpc) is 2.58. The number of hydrogen-bond acceptors (Lipinski definition) is 3. The summed E-state index contributed by atoms with van der Waals surface area (Å²) in [6, 6.07) is 4.46. The van der Waals surface area contributed by atoms with Crippen LogP contribution in [0, 0.1) is 10.1 Å². The van der Waals surface area contributed by atoms with E-state index in [-0.39, 0.29) is 24.0 Å². The smallest absolute Gasteiger partial charge is 0.271 e. The van der Waals surface area contributed by atoms with Crippen molar-refractivity contribution in [1.82, 2.24) is 9.97 Å². The standard InChI is InChI=1S/C8H6ClN3O2.ClH/c9-4-8-10-6-2-1-5(12(13)14)3-7(6)11-8;/h1-3H,4H2,(H,10,11);1H. The molecule has 0 atom stereocenters. The van der Waals surface area contributed by atoms with E-state index in [1.54, 1.807) is 6.07 Å². The molecule has 0 bridgehead atoms. The Morgan fingerprint density at radius 1 is 1.53 bits per heavy atom. The Balaban J connectivity index is 0.00000112. The fourth-order valence-corrected chi connectivity index (χ4v) is 1.35. The van der Waals surface area contributed by atoms with Crippen LogP contribution in [0.3, 0.4) is 0 Å². The lowest BCUT2D eigenvalue weighted by Gasteiger charge is -1.89. The van der Waals surface area contributed by atoms with E-state index in [1.807, 2.05) is 0 Å². The van der Waals surface area contributed by atoms with Gasteiger partial charge in [0.25, 0.3) is 5.69 Å². The Morgan fingerprint density at radius 3 is 2.87 bits per heavy atom. The quantitative estimate of drug-likeness (QED) is 0.504. The van der Waals surface area contributed by atoms with Gasteiger partial charge in [-0.15, -0.1) is 24.0 Å². The summed E-state index contributed by atoms with van der Waals surface area (Å²) in [6.07, 6.45) is 0. The third kappa shape index (κ3) is 2.19. The molecule has 1 heterocycles. The van der Waals surface area contributed by atoms with Gasteiger partial charge in [-0.05, 0) is 6.07 Å². The van der Waals surface area contributed by atoms with E-state index < -0.39 is 4.92 Å². The van der Waals surface area contributed by atoms with E-state index in [1.165, 1.54) is 12.1 Å². The lowest BCUT2D eigenvalue weighted by molar-refractivity contribution is -0.384. The minimum absolute atomic E-state index is 0. The van der Waals surface area contributed by atoms with E-state index in [4.69, 9.17) is 11.6 Å². The molecule has 0 saturated carbocycles. The van der Waals surface area contributed by atoms with Crippen LogP contribution in [0.4, 0.5) is 5.69 Å². The largest absolute Gasteiger partial charge is 0.341 e. The van der Waals surface area contributed by atoms with Crippen molar-refractivity contribution in [2.75, 3.05) is 0 Å². The van der Waals surface area contributed by atoms with Gasteiger partial charge in [-0.25, -0.2) is 4.98 Å². The first-order valence-electron chi connectivity index (χ1n) is 3.89. The second kappa shape index (κ2) is 4.46. The van der Waals surface area contributed by atoms with Gasteiger partial charge in [-0.2, -0.15) is 0 Å². The maximum Gasteiger partial charge on any atom is 0.271 e. The molecular formula is C8H7Cl2N3O2. The van der Waals surface area contributed by atoms with Gasteiger partial charge in [0.2, 0.25) is 0 Å². The molecule has 0 unspecified atom stereocenters. The Hall–Kier alpha value is -1.33. The molecule has 1 aromatic heterocycles. The zero-order chi connectivity index (χ0) is 10.1. The lowest BCUT2D eigenvalue weighted by Crippen LogP contribution is -1.86. The van der Waals surface area contributed by atoms with Crippen molar-refractivity contribution in [3.8, 4) is 0 Å². The number of aromatic amines is 1. The van der Waals surface area contributed by atoms with Crippen LogP contribution in [0.5, 0.6) is 0 Å². The predicted molar refractivity (Wildman–Crippen MR) is 59.6 cm³/mol. The van der Waals surface area contributed by atoms with E-state index in [0.717, 1.165) is 0 Å². The number of alkyl halides is 1. The minimum Gasteiger partial charge on any atom is -0.341 e. The molecule has 80 valence electrons. The van der Waals surface area contributed by atoms with Crippen molar-refractivity contribution < 1.29 is 4.92 Å². The van der Waals surface area contributed by atoms with Crippen LogP contribution in [0.1, 0.15) is 5.82 Å². The van der Waals surface area contributed by atoms with Crippen LogP contribution in [0.2, 0.25) is 0 Å². The summed E-state index contributed by atoms with van der Waals surface area (Å²) < 4.78 is 0. The van der Waals surface area contributed by atoms with Gasteiger partial charge >= 0.3 is 0 Å². The number of fused-ring (bicyclic) bond motifs is 1. The second-order valence-corrected chi connectivity index (χ2v) is 3.04. The summed E-state index contributed by atoms with van der Waals surface area (Å²) in [6.45, 7) is 0. The zero-order valence-electron chi connectivity index (χ0n) is 7.44. The number of non-ortho nitro benzene ring substituents is 1. The SMILES string of the molecule is Cl.O=[N+]([O-])c1ccc2nc(CCl)[nH]c2c1. The Morgan fingerprint density at radius 2 is 2.27 bits per heavy atom. The van der Waals surface area contributed by atoms with Gasteiger partial charge in [-0.1, -0.05) is 0 Å². The Labute approximate surface area is 96.0 Å². The van der Waals surface area contributed by atoms with Gasteiger partial charge < -0.3 is 4.98 Å². The monoisotopic (exact) mass is 247 g/mol. The molecule has 2 aromatic rings. The zero-order valence-corrected chi connectivity index (χ0v) is 9.01. The summed E-state index contributed by atoms with van der Waals surface area (Å²) in [5.41, 5.74) is 1.36. The van der Waals surface area contributed by atoms with Crippen LogP contribution in [-0.2, 0) is 5.88 Å². The average molecular weight is 248 g/mol. The molecule has 0 aliphatic heterocycles. The second-order valence-electron chi connectivity index (χ2n) is 2.78. The van der Waals surface area contributed by atoms with Crippen LogP contribution in [-0.4, -0.2) is 14.9 Å². The lowest BCUT2D eigenvalue weighted by atomic mass is 10.3. The van der Waals surface area contributed by atoms with Crippen molar-refractivity contribution in [2.24, 2.45) is 0 Å². The van der Waals surface area contributed by atoms with E-state index in [2.05, 4.69) is 9.97 Å². The predicted octanol–water partition coefficient (Wildman–Crippen LogP) is 2.63. The number of nitro benzene ring substituents is 1. The Bertz CT molecular complexity index is 498. The van der Waals surface area contributed by atoms with Crippen molar-refractivity contribution in [1.29, 1.82) is 0 Å². The highest BCUT2D eigenvalue weighted by atomic mass is 35.5. The van der Waals surface area contributed by atoms with Gasteiger partial charge in [0, 0.05) is 12.1 Å². The van der Waals surface area contributed by atoms with E-state index in [9.17, 15) is 10.1 Å². The number of aromatic nitrogens is 2. The molecule has 0 amide bonds. The van der Waals surface area contributed by atoms with Gasteiger partial charge in [-0.3, -0.25) is 10.1 Å². The number of nitrogens with one attached hydrogen (secondary N) is 1. The highest BCUT2D eigenvalue weighted by molar-refractivity contribution is 6.16. The molecule has 7 heteroatoms. The highest BCUT2D eigenvalue weighted by Crippen LogP contribution is 2.19. The van der Waals surface area contributed by atoms with Crippen molar-refractivity contribution >= 4 is 40.7 Å². The molecule has 0 radical (unpaired) electrons. The van der Waals surface area contributed by atoms with Crippen molar-refractivity contribution in [2.45, 2.75) is 5.88 Å². The number of hydrogen-bond donors (Lipinski definition) is 1. The number of H-pyrrole nitrogens is 1. The molecule has 0 spiro atoms. The van der Waals surface area contributed by atoms with Crippen LogP contribution in [0.25, 0.3) is 11.0 Å². The third-order valence-electron chi connectivity index (χ3n) is 1.85. The first kappa shape index (κ1) is 11.7. The fraction of sp³-hybridized carbons (Fsp3) is 0.125. The van der Waals surface area contributed by atoms with Crippen molar-refractivity contribution in [3.05, 3.63) is 34.1 Å². The van der Waals surface area contributed by atoms with E-state index in [0.29, 0.717) is 16.9 Å². The molecule has 0 saturated heterocycles. The number of halogens is 2.